The number of ether oxygens (including phenoxy) is 1. The molecule has 2 aliphatic rings. The molecule has 1 aromatic rings. The number of allylic oxidation sites excluding steroid dienone is 2. The lowest BCUT2D eigenvalue weighted by molar-refractivity contribution is -0.149. The lowest BCUT2D eigenvalue weighted by Crippen LogP contribution is -2.36. The molecule has 2 aliphatic heterocycles. The summed E-state index contributed by atoms with van der Waals surface area (Å²) in [5, 5.41) is 13.0. The molecule has 0 fully saturated rings. The Hall–Kier alpha value is -3.79. The Balaban J connectivity index is 1.86. The van der Waals surface area contributed by atoms with Crippen molar-refractivity contribution in [3.63, 3.8) is 0 Å². The van der Waals surface area contributed by atoms with Crippen molar-refractivity contribution in [1.82, 2.24) is 15.2 Å². The van der Waals surface area contributed by atoms with Crippen molar-refractivity contribution in [2.45, 2.75) is 59.2 Å². The van der Waals surface area contributed by atoms with E-state index < -0.39 is 24.1 Å². The largest absolute Gasteiger partial charge is 0.457 e. The van der Waals surface area contributed by atoms with E-state index in [-0.39, 0.29) is 66.7 Å². The van der Waals surface area contributed by atoms with Crippen LogP contribution in [0.1, 0.15) is 56.9 Å². The average molecular weight is 526 g/mol. The number of nitrogens with one attached hydrogen (secondary N) is 1. The Morgan fingerprint density at radius 3 is 2.68 bits per heavy atom. The third-order valence-corrected chi connectivity index (χ3v) is 6.19. The monoisotopic (exact) mass is 525 g/mol. The van der Waals surface area contributed by atoms with Gasteiger partial charge in [0.05, 0.1) is 12.5 Å². The van der Waals surface area contributed by atoms with Gasteiger partial charge in [-0.1, -0.05) is 56.7 Å². The SMILES string of the molecule is CC1=C/[C@@H](O)CC(=O)Cc2nc(co2)C(=O)N2CCC=C2C(=O)O[C@H](C(C)C)[C@H](C)/C=C\C(=O)NC\C=C\1. The van der Waals surface area contributed by atoms with Crippen LogP contribution in [0.5, 0.6) is 0 Å². The maximum absolute atomic E-state index is 13.1. The fourth-order valence-corrected chi connectivity index (χ4v) is 4.33. The summed E-state index contributed by atoms with van der Waals surface area (Å²) < 4.78 is 11.1. The molecule has 1 aromatic heterocycles. The van der Waals surface area contributed by atoms with Gasteiger partial charge in [-0.15, -0.1) is 0 Å². The summed E-state index contributed by atoms with van der Waals surface area (Å²) in [5.41, 5.74) is 0.809. The number of aliphatic hydroxyl groups is 1. The number of hydrogen-bond acceptors (Lipinski definition) is 8. The van der Waals surface area contributed by atoms with Gasteiger partial charge in [0, 0.05) is 25.4 Å². The van der Waals surface area contributed by atoms with Gasteiger partial charge in [0.1, 0.15) is 23.8 Å². The van der Waals surface area contributed by atoms with E-state index in [1.807, 2.05) is 20.8 Å². The summed E-state index contributed by atoms with van der Waals surface area (Å²) in [6, 6.07) is 0. The lowest BCUT2D eigenvalue weighted by Gasteiger charge is -2.27. The summed E-state index contributed by atoms with van der Waals surface area (Å²) in [5.74, 6) is -2.07. The van der Waals surface area contributed by atoms with Crippen LogP contribution in [0.2, 0.25) is 0 Å². The molecule has 2 bridgehead atoms. The van der Waals surface area contributed by atoms with Crippen molar-refractivity contribution in [3.05, 3.63) is 65.6 Å². The Kier molecular flexibility index (Phi) is 9.95. The minimum Gasteiger partial charge on any atom is -0.457 e. The molecule has 2 amide bonds. The highest BCUT2D eigenvalue weighted by molar-refractivity contribution is 6.00. The second kappa shape index (κ2) is 13.1. The van der Waals surface area contributed by atoms with Crippen LogP contribution < -0.4 is 5.32 Å². The molecule has 10 heteroatoms. The molecular weight excluding hydrogens is 490 g/mol. The highest BCUT2D eigenvalue weighted by Crippen LogP contribution is 2.24. The van der Waals surface area contributed by atoms with Crippen molar-refractivity contribution in [2.24, 2.45) is 11.8 Å². The minimum absolute atomic E-state index is 0.0315. The van der Waals surface area contributed by atoms with E-state index in [2.05, 4.69) is 10.3 Å². The number of carbonyl (C=O) groups excluding carboxylic acids is 4. The van der Waals surface area contributed by atoms with Gasteiger partial charge in [0.25, 0.3) is 5.91 Å². The van der Waals surface area contributed by atoms with Crippen molar-refractivity contribution in [1.29, 1.82) is 0 Å². The Bertz CT molecular complexity index is 1170. The van der Waals surface area contributed by atoms with Crippen molar-refractivity contribution in [2.75, 3.05) is 13.1 Å². The molecule has 0 radical (unpaired) electrons. The number of Topliss-reactive ketones (excluding diaryl/α,β-unsaturated/α-hetero) is 1. The predicted molar refractivity (Wildman–Crippen MR) is 139 cm³/mol. The van der Waals surface area contributed by atoms with Crippen LogP contribution in [0.15, 0.2) is 58.4 Å². The fraction of sp³-hybridized carbons (Fsp3) is 0.464. The van der Waals surface area contributed by atoms with E-state index in [0.29, 0.717) is 6.42 Å². The molecule has 204 valence electrons. The highest BCUT2D eigenvalue weighted by atomic mass is 16.5. The van der Waals surface area contributed by atoms with E-state index in [1.54, 1.807) is 37.3 Å². The summed E-state index contributed by atoms with van der Waals surface area (Å²) in [6.07, 6.45) is 9.48. The second-order valence-corrected chi connectivity index (χ2v) is 9.84. The minimum atomic E-state index is -1.01. The van der Waals surface area contributed by atoms with Crippen LogP contribution in [0.3, 0.4) is 0 Å². The lowest BCUT2D eigenvalue weighted by atomic mass is 9.94. The summed E-state index contributed by atoms with van der Waals surface area (Å²) in [7, 11) is 0. The number of rotatable bonds is 1. The van der Waals surface area contributed by atoms with Crippen molar-refractivity contribution in [3.8, 4) is 0 Å². The van der Waals surface area contributed by atoms with Crippen LogP contribution in [0, 0.1) is 11.8 Å². The van der Waals surface area contributed by atoms with Crippen LogP contribution in [-0.2, 0) is 25.5 Å². The first-order chi connectivity index (χ1) is 18.0. The zero-order valence-electron chi connectivity index (χ0n) is 22.2. The topological polar surface area (TPSA) is 139 Å². The first-order valence-electron chi connectivity index (χ1n) is 12.7. The van der Waals surface area contributed by atoms with E-state index >= 15 is 0 Å². The maximum Gasteiger partial charge on any atom is 0.355 e. The average Bonchev–Trinajstić information content (AvgIpc) is 3.52. The van der Waals surface area contributed by atoms with E-state index in [1.165, 1.54) is 11.0 Å². The van der Waals surface area contributed by atoms with Gasteiger partial charge in [0.15, 0.2) is 5.69 Å². The number of aromatic nitrogens is 1. The first-order valence-corrected chi connectivity index (χ1v) is 12.7. The number of aliphatic hydroxyl groups excluding tert-OH is 1. The molecule has 0 aromatic carbocycles. The fourth-order valence-electron chi connectivity index (χ4n) is 4.33. The second-order valence-electron chi connectivity index (χ2n) is 9.84. The molecule has 0 spiro atoms. The van der Waals surface area contributed by atoms with Gasteiger partial charge in [0.2, 0.25) is 11.8 Å². The van der Waals surface area contributed by atoms with E-state index in [4.69, 9.17) is 9.15 Å². The maximum atomic E-state index is 13.1. The summed E-state index contributed by atoms with van der Waals surface area (Å²) in [4.78, 5) is 56.3. The number of oxazole rings is 1. The molecule has 3 rings (SSSR count). The predicted octanol–water partition coefficient (Wildman–Crippen LogP) is 2.66. The first kappa shape index (κ1) is 28.8. The number of esters is 1. The zero-order valence-corrected chi connectivity index (χ0v) is 22.2. The molecule has 10 nitrogen and oxygen atoms in total. The van der Waals surface area contributed by atoms with Crippen LogP contribution in [0.25, 0.3) is 0 Å². The molecule has 2 N–H and O–H groups in total. The number of cyclic esters (lactones) is 1. The molecule has 0 saturated carbocycles. The number of hydrogen-bond donors (Lipinski definition) is 2. The number of nitrogens with zero attached hydrogens (tertiary/aromatic N) is 2. The highest BCUT2D eigenvalue weighted by Gasteiger charge is 2.33. The smallest absolute Gasteiger partial charge is 0.355 e. The van der Waals surface area contributed by atoms with E-state index in [0.717, 1.165) is 11.8 Å². The molecule has 38 heavy (non-hydrogen) atoms. The molecule has 3 atom stereocenters. The summed E-state index contributed by atoms with van der Waals surface area (Å²) in [6.45, 7) is 8.00. The normalized spacial score (nSPS) is 27.6. The Morgan fingerprint density at radius 1 is 1.18 bits per heavy atom. The quantitative estimate of drug-likeness (QED) is 0.534. The van der Waals surface area contributed by atoms with Gasteiger partial charge >= 0.3 is 5.97 Å². The molecule has 3 heterocycles. The standard InChI is InChI=1S/C28H35N3O7/c1-17(2)26-19(4)9-10-24(34)29-11-5-7-18(3)13-20(32)14-21(33)15-25-30-22(16-37-25)27(35)31-12-6-8-23(31)28(36)38-26/h5,7-10,13,16-17,19-20,26,32H,6,11-12,14-15H2,1-4H3,(H,29,34)/b7-5+,10-9-,18-13-/t19-,20-,26-/m1/s1. The summed E-state index contributed by atoms with van der Waals surface area (Å²) >= 11 is 0. The van der Waals surface area contributed by atoms with Gasteiger partial charge in [-0.3, -0.25) is 14.4 Å². The van der Waals surface area contributed by atoms with Crippen LogP contribution in [-0.4, -0.2) is 63.9 Å². The zero-order chi connectivity index (χ0) is 27.8. The third-order valence-electron chi connectivity index (χ3n) is 6.19. The van der Waals surface area contributed by atoms with Gasteiger partial charge in [-0.05, 0) is 25.3 Å². The van der Waals surface area contributed by atoms with Gasteiger partial charge in [-0.25, -0.2) is 9.78 Å². The Morgan fingerprint density at radius 2 is 1.95 bits per heavy atom. The van der Waals surface area contributed by atoms with Crippen LogP contribution >= 0.6 is 0 Å². The van der Waals surface area contributed by atoms with Gasteiger partial charge < -0.3 is 24.5 Å². The van der Waals surface area contributed by atoms with Crippen molar-refractivity contribution < 1.29 is 33.4 Å². The van der Waals surface area contributed by atoms with Gasteiger partial charge in [-0.2, -0.15) is 0 Å². The van der Waals surface area contributed by atoms with Crippen LogP contribution in [0.4, 0.5) is 0 Å². The molecular formula is C28H35N3O7. The number of fused-ring (bicyclic) bond motifs is 3. The number of ketones is 1. The third kappa shape index (κ3) is 7.85. The van der Waals surface area contributed by atoms with Crippen molar-refractivity contribution >= 4 is 23.6 Å². The Labute approximate surface area is 222 Å². The molecule has 0 aliphatic carbocycles. The number of amides is 2. The van der Waals surface area contributed by atoms with E-state index in [9.17, 15) is 24.3 Å². The molecule has 0 unspecified atom stereocenters. The molecule has 0 saturated heterocycles. The number of carbonyl (C=O) groups is 4.